The third-order valence-electron chi connectivity index (χ3n) is 5.40. The van der Waals surface area contributed by atoms with Crippen molar-refractivity contribution in [3.05, 3.63) is 52.9 Å². The van der Waals surface area contributed by atoms with Crippen LogP contribution >= 0.6 is 0 Å². The maximum atomic E-state index is 13.0. The van der Waals surface area contributed by atoms with Crippen molar-refractivity contribution in [3.8, 4) is 5.69 Å². The van der Waals surface area contributed by atoms with Gasteiger partial charge in [-0.1, -0.05) is 31.1 Å². The van der Waals surface area contributed by atoms with Gasteiger partial charge >= 0.3 is 0 Å². The molecule has 170 valence electrons. The summed E-state index contributed by atoms with van der Waals surface area (Å²) in [5, 5.41) is 30.3. The van der Waals surface area contributed by atoms with Crippen LogP contribution in [-0.4, -0.2) is 73.0 Å². The van der Waals surface area contributed by atoms with E-state index in [0.29, 0.717) is 5.56 Å². The number of aromatic nitrogens is 3. The van der Waals surface area contributed by atoms with E-state index in [1.807, 2.05) is 0 Å². The molecule has 1 aromatic carbocycles. The molecule has 0 unspecified atom stereocenters. The van der Waals surface area contributed by atoms with Crippen LogP contribution in [0.5, 0.6) is 0 Å². The lowest BCUT2D eigenvalue weighted by Crippen LogP contribution is -2.50. The van der Waals surface area contributed by atoms with Gasteiger partial charge in [0.1, 0.15) is 24.7 Å². The van der Waals surface area contributed by atoms with E-state index in [9.17, 15) is 19.8 Å². The van der Waals surface area contributed by atoms with Crippen molar-refractivity contribution in [2.45, 2.75) is 44.5 Å². The number of amides is 2. The second-order valence-electron chi connectivity index (χ2n) is 7.97. The van der Waals surface area contributed by atoms with Crippen LogP contribution in [0.25, 0.3) is 16.1 Å². The van der Waals surface area contributed by atoms with E-state index in [1.165, 1.54) is 11.2 Å². The zero-order valence-electron chi connectivity index (χ0n) is 17.8. The summed E-state index contributed by atoms with van der Waals surface area (Å²) in [6, 6.07) is 4.44. The normalized spacial score (nSPS) is 20.0. The molecule has 0 spiro atoms. The number of aliphatic hydroxyl groups excluding tert-OH is 2. The van der Waals surface area contributed by atoms with Gasteiger partial charge in [-0.25, -0.2) is 9.67 Å². The van der Waals surface area contributed by atoms with E-state index in [4.69, 9.17) is 5.53 Å². The molecule has 0 radical (unpaired) electrons. The van der Waals surface area contributed by atoms with E-state index in [0.717, 1.165) is 5.69 Å². The summed E-state index contributed by atoms with van der Waals surface area (Å²) in [4.78, 5) is 33.8. The van der Waals surface area contributed by atoms with Crippen molar-refractivity contribution >= 4 is 11.8 Å². The fourth-order valence-corrected chi connectivity index (χ4v) is 3.70. The van der Waals surface area contributed by atoms with Gasteiger partial charge in [0.15, 0.2) is 0 Å². The molecule has 4 atom stereocenters. The van der Waals surface area contributed by atoms with Gasteiger partial charge in [0.2, 0.25) is 11.8 Å². The van der Waals surface area contributed by atoms with Crippen LogP contribution in [0, 0.1) is 5.92 Å². The molecule has 1 aliphatic rings. The molecular formula is C20H26N8O4. The molecular weight excluding hydrogens is 416 g/mol. The number of rotatable bonds is 8. The summed E-state index contributed by atoms with van der Waals surface area (Å²) < 4.78 is 1.58. The second kappa shape index (κ2) is 10.2. The number of benzene rings is 1. The number of carbonyl (C=O) groups excluding carboxylic acids is 2. The monoisotopic (exact) mass is 442 g/mol. The quantitative estimate of drug-likeness (QED) is 0.309. The van der Waals surface area contributed by atoms with Crippen LogP contribution in [0.15, 0.2) is 42.0 Å². The zero-order chi connectivity index (χ0) is 23.3. The Morgan fingerprint density at radius 2 is 2.06 bits per heavy atom. The van der Waals surface area contributed by atoms with Gasteiger partial charge in [-0.15, -0.1) is 0 Å². The third-order valence-corrected chi connectivity index (χ3v) is 5.40. The predicted octanol–water partition coefficient (Wildman–Crippen LogP) is 0.714. The fourth-order valence-electron chi connectivity index (χ4n) is 3.70. The lowest BCUT2D eigenvalue weighted by molar-refractivity contribution is -0.140. The van der Waals surface area contributed by atoms with E-state index in [-0.39, 0.29) is 25.5 Å². The van der Waals surface area contributed by atoms with Crippen molar-refractivity contribution in [2.75, 3.05) is 13.2 Å². The Morgan fingerprint density at radius 3 is 2.62 bits per heavy atom. The minimum atomic E-state index is -0.974. The zero-order valence-corrected chi connectivity index (χ0v) is 17.8. The van der Waals surface area contributed by atoms with Crippen molar-refractivity contribution < 1.29 is 19.8 Å². The molecule has 2 aromatic rings. The molecule has 1 saturated heterocycles. The number of azide groups is 1. The Balaban J connectivity index is 1.74. The smallest absolute Gasteiger partial charge is 0.243 e. The Hall–Kier alpha value is -3.47. The average Bonchev–Trinajstić information content (AvgIpc) is 3.45. The first kappa shape index (κ1) is 23.2. The van der Waals surface area contributed by atoms with Crippen LogP contribution in [-0.2, 0) is 9.59 Å². The van der Waals surface area contributed by atoms with Crippen molar-refractivity contribution in [2.24, 2.45) is 11.0 Å². The van der Waals surface area contributed by atoms with Gasteiger partial charge < -0.3 is 20.4 Å². The summed E-state index contributed by atoms with van der Waals surface area (Å²) >= 11 is 0. The number of carbonyl (C=O) groups is 2. The number of hydrogen-bond acceptors (Lipinski definition) is 7. The largest absolute Gasteiger partial charge is 0.394 e. The van der Waals surface area contributed by atoms with Crippen molar-refractivity contribution in [3.63, 3.8) is 0 Å². The molecule has 1 aromatic heterocycles. The third kappa shape index (κ3) is 5.05. The first-order chi connectivity index (χ1) is 15.3. The Morgan fingerprint density at radius 1 is 1.34 bits per heavy atom. The van der Waals surface area contributed by atoms with E-state index < -0.39 is 36.0 Å². The lowest BCUT2D eigenvalue weighted by atomic mass is 10.0. The molecule has 0 bridgehead atoms. The van der Waals surface area contributed by atoms with Crippen molar-refractivity contribution in [1.29, 1.82) is 0 Å². The van der Waals surface area contributed by atoms with E-state index in [2.05, 4.69) is 25.4 Å². The standard InChI is InChI=1S/C20H26N8O4/c1-12(2)18(25-26-21)20(32)27-8-15(30)7-17(27)19(31)24-16(9-29)13-3-5-14(6-4-13)28-11-22-10-23-28/h3-6,10-12,15-18,29-30H,7-9H2,1-2H3,(H,24,31)/t15-,16+,17+,18+/m1/s1. The number of likely N-dealkylation sites (tertiary alicyclic amines) is 1. The first-order valence-corrected chi connectivity index (χ1v) is 10.2. The highest BCUT2D eigenvalue weighted by Gasteiger charge is 2.42. The topological polar surface area (TPSA) is 169 Å². The molecule has 2 amide bonds. The highest BCUT2D eigenvalue weighted by molar-refractivity contribution is 5.91. The maximum absolute atomic E-state index is 13.0. The highest BCUT2D eigenvalue weighted by Crippen LogP contribution is 2.24. The number of nitrogens with zero attached hydrogens (tertiary/aromatic N) is 7. The molecule has 12 heteroatoms. The van der Waals surface area contributed by atoms with E-state index in [1.54, 1.807) is 49.1 Å². The molecule has 1 aliphatic heterocycles. The minimum Gasteiger partial charge on any atom is -0.394 e. The highest BCUT2D eigenvalue weighted by atomic mass is 16.3. The summed E-state index contributed by atoms with van der Waals surface area (Å²) in [6.45, 7) is 3.09. The molecule has 2 heterocycles. The maximum Gasteiger partial charge on any atom is 0.243 e. The number of hydrogen-bond donors (Lipinski definition) is 3. The summed E-state index contributed by atoms with van der Waals surface area (Å²) in [5.41, 5.74) is 10.2. The van der Waals surface area contributed by atoms with Gasteiger partial charge in [0, 0.05) is 17.9 Å². The Labute approximate surface area is 184 Å². The predicted molar refractivity (Wildman–Crippen MR) is 113 cm³/mol. The van der Waals surface area contributed by atoms with Gasteiger partial charge in [-0.05, 0) is 29.1 Å². The molecule has 3 N–H and O–H groups in total. The van der Waals surface area contributed by atoms with Crippen molar-refractivity contribution in [1.82, 2.24) is 25.0 Å². The van der Waals surface area contributed by atoms with Crippen LogP contribution < -0.4 is 5.32 Å². The van der Waals surface area contributed by atoms with Gasteiger partial charge in [-0.3, -0.25) is 9.59 Å². The van der Waals surface area contributed by atoms with Crippen LogP contribution in [0.4, 0.5) is 0 Å². The Kier molecular flexibility index (Phi) is 7.41. The molecule has 32 heavy (non-hydrogen) atoms. The SMILES string of the molecule is CC(C)[C@H](N=[N+]=[N-])C(=O)N1C[C@H](O)C[C@H]1C(=O)N[C@@H](CO)c1ccc(-n2cncn2)cc1. The Bertz CT molecular complexity index is 972. The second-order valence-corrected chi connectivity index (χ2v) is 7.97. The van der Waals surface area contributed by atoms with E-state index >= 15 is 0 Å². The number of β-amino-alcohol motifs (C(OH)–C–C–N with tert-alkyl or cyclic N) is 1. The van der Waals surface area contributed by atoms with Gasteiger partial charge in [0.05, 0.1) is 24.4 Å². The first-order valence-electron chi connectivity index (χ1n) is 10.2. The van der Waals surface area contributed by atoms with Crippen LogP contribution in [0.2, 0.25) is 0 Å². The fraction of sp³-hybridized carbons (Fsp3) is 0.500. The minimum absolute atomic E-state index is 0.0303. The summed E-state index contributed by atoms with van der Waals surface area (Å²) in [7, 11) is 0. The number of aliphatic hydroxyl groups is 2. The lowest BCUT2D eigenvalue weighted by Gasteiger charge is -2.29. The summed E-state index contributed by atoms with van der Waals surface area (Å²) in [6.07, 6.45) is 2.16. The molecule has 0 saturated carbocycles. The van der Waals surface area contributed by atoms with Crippen LogP contribution in [0.1, 0.15) is 31.9 Å². The molecule has 1 fully saturated rings. The van der Waals surface area contributed by atoms with Crippen LogP contribution in [0.3, 0.4) is 0 Å². The molecule has 3 rings (SSSR count). The van der Waals surface area contributed by atoms with Gasteiger partial charge in [0.25, 0.3) is 0 Å². The molecule has 0 aliphatic carbocycles. The summed E-state index contributed by atoms with van der Waals surface area (Å²) in [5.74, 6) is -1.28. The average molecular weight is 442 g/mol. The van der Waals surface area contributed by atoms with Gasteiger partial charge in [-0.2, -0.15) is 5.10 Å². The number of nitrogens with one attached hydrogen (secondary N) is 1. The molecule has 12 nitrogen and oxygen atoms in total.